The van der Waals surface area contributed by atoms with Crippen LogP contribution >= 0.6 is 0 Å². The molecule has 2 N–H and O–H groups in total. The van der Waals surface area contributed by atoms with Crippen molar-refractivity contribution in [2.24, 2.45) is 0 Å². The Morgan fingerprint density at radius 1 is 0.971 bits per heavy atom. The zero-order valence-electron chi connectivity index (χ0n) is 20.7. The first-order chi connectivity index (χ1) is 16.2. The average Bonchev–Trinajstić information content (AvgIpc) is 3.10. The summed E-state index contributed by atoms with van der Waals surface area (Å²) in [7, 11) is 1.62. The number of amides is 2. The Balaban J connectivity index is 1.92. The average molecular weight is 464 g/mol. The van der Waals surface area contributed by atoms with Crippen LogP contribution in [0.15, 0.2) is 42.5 Å². The van der Waals surface area contributed by atoms with E-state index in [1.165, 1.54) is 0 Å². The molecule has 0 saturated carbocycles. The number of methoxy groups -OCH3 is 1. The molecule has 0 unspecified atom stereocenters. The highest BCUT2D eigenvalue weighted by Gasteiger charge is 2.23. The van der Waals surface area contributed by atoms with Crippen molar-refractivity contribution in [3.63, 3.8) is 0 Å². The third-order valence-electron chi connectivity index (χ3n) is 6.09. The second-order valence-electron chi connectivity index (χ2n) is 8.33. The molecule has 7 nitrogen and oxygen atoms in total. The molecule has 0 aliphatic rings. The molecule has 0 aliphatic heterocycles. The summed E-state index contributed by atoms with van der Waals surface area (Å²) in [6.07, 6.45) is 0. The molecule has 0 saturated heterocycles. The first-order valence-corrected chi connectivity index (χ1v) is 11.3. The van der Waals surface area contributed by atoms with Gasteiger partial charge in [-0.1, -0.05) is 24.3 Å². The maximum Gasteiger partial charge on any atom is 0.355 e. The second-order valence-corrected chi connectivity index (χ2v) is 8.33. The summed E-state index contributed by atoms with van der Waals surface area (Å²) in [6.45, 7) is 10.6. The van der Waals surface area contributed by atoms with Crippen LogP contribution in [0.1, 0.15) is 50.9 Å². The van der Waals surface area contributed by atoms with Crippen LogP contribution in [0.2, 0.25) is 0 Å². The van der Waals surface area contributed by atoms with Gasteiger partial charge < -0.3 is 24.7 Å². The zero-order valence-corrected chi connectivity index (χ0v) is 20.7. The maximum atomic E-state index is 13.5. The van der Waals surface area contributed by atoms with Crippen molar-refractivity contribution in [3.05, 3.63) is 81.7 Å². The van der Waals surface area contributed by atoms with E-state index in [0.717, 1.165) is 44.9 Å². The molecular formula is C27H33N3O4. The second kappa shape index (κ2) is 10.9. The number of nitrogens with one attached hydrogen (secondary N) is 2. The summed E-state index contributed by atoms with van der Waals surface area (Å²) >= 11 is 0. The molecule has 2 aromatic carbocycles. The van der Waals surface area contributed by atoms with E-state index in [1.807, 2.05) is 70.2 Å². The van der Waals surface area contributed by atoms with Gasteiger partial charge in [0.2, 0.25) is 0 Å². The third-order valence-corrected chi connectivity index (χ3v) is 6.09. The minimum absolute atomic E-state index is 0.220. The first kappa shape index (κ1) is 24.9. The normalized spacial score (nSPS) is 10.6. The largest absolute Gasteiger partial charge is 0.497 e. The summed E-state index contributed by atoms with van der Waals surface area (Å²) in [6, 6.07) is 13.3. The number of aromatic amines is 1. The van der Waals surface area contributed by atoms with Gasteiger partial charge in [-0.25, -0.2) is 9.59 Å². The van der Waals surface area contributed by atoms with Crippen molar-refractivity contribution in [1.82, 2.24) is 9.88 Å². The number of aryl methyl sites for hydroxylation is 2. The predicted molar refractivity (Wildman–Crippen MR) is 133 cm³/mol. The lowest BCUT2D eigenvalue weighted by molar-refractivity contribution is 0.0519. The third kappa shape index (κ3) is 5.60. The van der Waals surface area contributed by atoms with Gasteiger partial charge in [0.1, 0.15) is 11.4 Å². The van der Waals surface area contributed by atoms with Gasteiger partial charge in [0.15, 0.2) is 0 Å². The number of carbonyl (C=O) groups excluding carboxylic acids is 2. The molecule has 7 heteroatoms. The number of carbonyl (C=O) groups is 2. The van der Waals surface area contributed by atoms with Crippen LogP contribution in [-0.2, 0) is 17.8 Å². The number of esters is 1. The Bertz CT molecular complexity index is 1170. The summed E-state index contributed by atoms with van der Waals surface area (Å²) in [5.74, 6) is 0.363. The molecule has 0 bridgehead atoms. The Kier molecular flexibility index (Phi) is 7.99. The highest BCUT2D eigenvalue weighted by molar-refractivity contribution is 5.91. The van der Waals surface area contributed by atoms with Crippen molar-refractivity contribution < 1.29 is 19.1 Å². The number of urea groups is 1. The summed E-state index contributed by atoms with van der Waals surface area (Å²) in [5.41, 5.74) is 6.82. The molecule has 1 heterocycles. The minimum atomic E-state index is -0.393. The number of anilines is 1. The van der Waals surface area contributed by atoms with Gasteiger partial charge in [0, 0.05) is 24.5 Å². The van der Waals surface area contributed by atoms with Crippen LogP contribution < -0.4 is 10.1 Å². The number of hydrogen-bond donors (Lipinski definition) is 2. The van der Waals surface area contributed by atoms with E-state index in [1.54, 1.807) is 18.9 Å². The Hall–Kier alpha value is -3.74. The van der Waals surface area contributed by atoms with Crippen LogP contribution in [0.4, 0.5) is 10.5 Å². The monoisotopic (exact) mass is 463 g/mol. The van der Waals surface area contributed by atoms with Gasteiger partial charge in [0.05, 0.1) is 13.7 Å². The number of H-pyrrole nitrogens is 1. The number of aromatic nitrogens is 1. The number of hydrogen-bond acceptors (Lipinski definition) is 4. The Morgan fingerprint density at radius 2 is 1.68 bits per heavy atom. The number of rotatable bonds is 8. The van der Waals surface area contributed by atoms with Gasteiger partial charge in [-0.15, -0.1) is 0 Å². The fourth-order valence-electron chi connectivity index (χ4n) is 3.86. The highest BCUT2D eigenvalue weighted by Crippen LogP contribution is 2.24. The SMILES string of the molecule is CCOC(=O)c1[nH]c(C)c(CN(Cc2ccc(OC)cc2)C(=O)Nc2cccc(C)c2C)c1C. The minimum Gasteiger partial charge on any atom is -0.497 e. The van der Waals surface area contributed by atoms with E-state index in [-0.39, 0.29) is 6.03 Å². The lowest BCUT2D eigenvalue weighted by Gasteiger charge is -2.25. The van der Waals surface area contributed by atoms with Crippen molar-refractivity contribution in [3.8, 4) is 5.75 Å². The molecule has 180 valence electrons. The van der Waals surface area contributed by atoms with Gasteiger partial charge >= 0.3 is 12.0 Å². The smallest absolute Gasteiger partial charge is 0.355 e. The van der Waals surface area contributed by atoms with Crippen LogP contribution in [0, 0.1) is 27.7 Å². The molecule has 0 radical (unpaired) electrons. The molecule has 3 rings (SSSR count). The molecule has 0 atom stereocenters. The topological polar surface area (TPSA) is 83.7 Å². The van der Waals surface area contributed by atoms with Gasteiger partial charge in [-0.05, 0) is 80.6 Å². The summed E-state index contributed by atoms with van der Waals surface area (Å²) in [5, 5.41) is 3.06. The van der Waals surface area contributed by atoms with Crippen LogP contribution in [0.25, 0.3) is 0 Å². The van der Waals surface area contributed by atoms with E-state index in [9.17, 15) is 9.59 Å². The fraction of sp³-hybridized carbons (Fsp3) is 0.333. The quantitative estimate of drug-likeness (QED) is 0.422. The Labute approximate surface area is 201 Å². The van der Waals surface area contributed by atoms with Crippen molar-refractivity contribution in [2.75, 3.05) is 19.0 Å². The molecule has 0 aliphatic carbocycles. The fourth-order valence-corrected chi connectivity index (χ4v) is 3.86. The molecule has 0 fully saturated rings. The van der Waals surface area contributed by atoms with E-state index in [4.69, 9.17) is 9.47 Å². The van der Waals surface area contributed by atoms with E-state index in [2.05, 4.69) is 10.3 Å². The van der Waals surface area contributed by atoms with Gasteiger partial charge in [-0.3, -0.25) is 0 Å². The molecule has 0 spiro atoms. The van der Waals surface area contributed by atoms with E-state index >= 15 is 0 Å². The first-order valence-electron chi connectivity index (χ1n) is 11.3. The zero-order chi connectivity index (χ0) is 24.8. The van der Waals surface area contributed by atoms with Crippen molar-refractivity contribution in [1.29, 1.82) is 0 Å². The lowest BCUT2D eigenvalue weighted by atomic mass is 10.1. The van der Waals surface area contributed by atoms with E-state index in [0.29, 0.717) is 25.4 Å². The van der Waals surface area contributed by atoms with Crippen LogP contribution in [0.3, 0.4) is 0 Å². The van der Waals surface area contributed by atoms with Gasteiger partial charge in [0.25, 0.3) is 0 Å². The van der Waals surface area contributed by atoms with Crippen molar-refractivity contribution >= 4 is 17.7 Å². The maximum absolute atomic E-state index is 13.5. The predicted octanol–water partition coefficient (Wildman–Crippen LogP) is 5.67. The van der Waals surface area contributed by atoms with Crippen LogP contribution in [0.5, 0.6) is 5.75 Å². The molecule has 2 amide bonds. The molecule has 34 heavy (non-hydrogen) atoms. The number of nitrogens with zero attached hydrogens (tertiary/aromatic N) is 1. The Morgan fingerprint density at radius 3 is 2.32 bits per heavy atom. The molecule has 3 aromatic rings. The highest BCUT2D eigenvalue weighted by atomic mass is 16.5. The lowest BCUT2D eigenvalue weighted by Crippen LogP contribution is -2.34. The van der Waals surface area contributed by atoms with E-state index < -0.39 is 5.97 Å². The van der Waals surface area contributed by atoms with Gasteiger partial charge in [-0.2, -0.15) is 0 Å². The summed E-state index contributed by atoms with van der Waals surface area (Å²) < 4.78 is 10.4. The van der Waals surface area contributed by atoms with Crippen LogP contribution in [-0.4, -0.2) is 35.6 Å². The molecular weight excluding hydrogens is 430 g/mol. The number of benzene rings is 2. The molecule has 1 aromatic heterocycles. The van der Waals surface area contributed by atoms with Crippen molar-refractivity contribution in [2.45, 2.75) is 47.7 Å². The number of ether oxygens (including phenoxy) is 2. The summed E-state index contributed by atoms with van der Waals surface area (Å²) in [4.78, 5) is 30.7. The standard InChI is InChI=1S/C27H33N3O4/c1-7-34-26(31)25-19(4)23(20(5)28-25)16-30(15-21-11-13-22(33-6)14-12-21)27(32)29-24-10-8-9-17(2)18(24)3/h8-14,28H,7,15-16H2,1-6H3,(H,29,32).